The van der Waals surface area contributed by atoms with E-state index >= 15 is 0 Å². The summed E-state index contributed by atoms with van der Waals surface area (Å²) in [4.78, 5) is 18.8. The predicted molar refractivity (Wildman–Crippen MR) is 87.3 cm³/mol. The number of carbonyl (C=O) groups excluding carboxylic acids is 1. The third-order valence-corrected chi connectivity index (χ3v) is 4.76. The number of carbonyl (C=O) groups is 1. The molecule has 1 atom stereocenters. The van der Waals surface area contributed by atoms with Crippen LogP contribution in [0.25, 0.3) is 11.0 Å². The maximum atomic E-state index is 12.5. The van der Waals surface area contributed by atoms with Crippen molar-refractivity contribution in [3.63, 3.8) is 0 Å². The van der Waals surface area contributed by atoms with E-state index in [4.69, 9.17) is 5.73 Å². The molecule has 3 rings (SSSR count). The third kappa shape index (κ3) is 2.86. The van der Waals surface area contributed by atoms with Crippen LogP contribution in [0.4, 0.5) is 0 Å². The van der Waals surface area contributed by atoms with E-state index in [1.165, 1.54) is 0 Å². The lowest BCUT2D eigenvalue weighted by molar-refractivity contribution is -0.134. The van der Waals surface area contributed by atoms with Gasteiger partial charge in [-0.1, -0.05) is 26.0 Å². The molecule has 1 amide bonds. The zero-order chi connectivity index (χ0) is 15.7. The second kappa shape index (κ2) is 5.72. The molecule has 0 spiro atoms. The largest absolute Gasteiger partial charge is 0.342 e. The maximum absolute atomic E-state index is 12.5. The highest BCUT2D eigenvalue weighted by molar-refractivity contribution is 5.77. The molecule has 2 N–H and O–H groups in total. The number of aryl methyl sites for hydroxylation is 1. The molecule has 0 aliphatic carbocycles. The minimum absolute atomic E-state index is 0.00435. The summed E-state index contributed by atoms with van der Waals surface area (Å²) >= 11 is 0. The highest BCUT2D eigenvalue weighted by atomic mass is 16.2. The smallest absolute Gasteiger partial charge is 0.224 e. The Morgan fingerprint density at radius 3 is 2.95 bits per heavy atom. The van der Waals surface area contributed by atoms with Gasteiger partial charge in [0.2, 0.25) is 5.91 Å². The Morgan fingerprint density at radius 2 is 2.18 bits per heavy atom. The molecule has 2 heterocycles. The molecule has 1 aromatic heterocycles. The van der Waals surface area contributed by atoms with E-state index in [0.717, 1.165) is 30.5 Å². The van der Waals surface area contributed by atoms with E-state index in [1.807, 2.05) is 40.1 Å². The van der Waals surface area contributed by atoms with Crippen molar-refractivity contribution >= 4 is 16.9 Å². The summed E-state index contributed by atoms with van der Waals surface area (Å²) in [7, 11) is 0. The Kier molecular flexibility index (Phi) is 3.91. The highest BCUT2D eigenvalue weighted by Crippen LogP contribution is 2.28. The number of para-hydroxylation sites is 2. The van der Waals surface area contributed by atoms with Gasteiger partial charge in [0.15, 0.2) is 0 Å². The van der Waals surface area contributed by atoms with E-state index in [9.17, 15) is 4.79 Å². The topological polar surface area (TPSA) is 64.2 Å². The number of fused-ring (bicyclic) bond motifs is 1. The van der Waals surface area contributed by atoms with Crippen LogP contribution < -0.4 is 5.73 Å². The summed E-state index contributed by atoms with van der Waals surface area (Å²) in [6.07, 6.45) is 3.20. The summed E-state index contributed by atoms with van der Waals surface area (Å²) in [5, 5.41) is 0. The average molecular weight is 300 g/mol. The Morgan fingerprint density at radius 1 is 1.41 bits per heavy atom. The van der Waals surface area contributed by atoms with Crippen molar-refractivity contribution in [1.82, 2.24) is 14.5 Å². The van der Waals surface area contributed by atoms with Gasteiger partial charge in [-0.15, -0.1) is 0 Å². The Labute approximate surface area is 131 Å². The zero-order valence-corrected chi connectivity index (χ0v) is 13.3. The first-order valence-electron chi connectivity index (χ1n) is 7.90. The number of amides is 1. The summed E-state index contributed by atoms with van der Waals surface area (Å²) in [5.41, 5.74) is 8.19. The first kappa shape index (κ1) is 15.0. The summed E-state index contributed by atoms with van der Waals surface area (Å²) in [6, 6.07) is 8.17. The SMILES string of the molecule is CC1(C)CN(C(=O)CCn2cnc3ccccc32)CCC1N. The lowest BCUT2D eigenvalue weighted by Gasteiger charge is -2.42. The molecule has 0 saturated carbocycles. The van der Waals surface area contributed by atoms with Crippen LogP contribution in [-0.2, 0) is 11.3 Å². The van der Waals surface area contributed by atoms with Crippen molar-refractivity contribution < 1.29 is 4.79 Å². The van der Waals surface area contributed by atoms with Crippen LogP contribution in [0.3, 0.4) is 0 Å². The summed E-state index contributed by atoms with van der Waals surface area (Å²) in [6.45, 7) is 6.47. The number of hydrogen-bond acceptors (Lipinski definition) is 3. The van der Waals surface area contributed by atoms with Gasteiger partial charge < -0.3 is 15.2 Å². The second-order valence-corrected chi connectivity index (χ2v) is 6.88. The van der Waals surface area contributed by atoms with E-state index in [-0.39, 0.29) is 17.4 Å². The van der Waals surface area contributed by atoms with Gasteiger partial charge in [0.1, 0.15) is 0 Å². The number of imidazole rings is 1. The van der Waals surface area contributed by atoms with Gasteiger partial charge in [-0.05, 0) is 24.0 Å². The Balaban J connectivity index is 1.63. The van der Waals surface area contributed by atoms with E-state index in [0.29, 0.717) is 13.0 Å². The number of likely N-dealkylation sites (tertiary alicyclic amines) is 1. The van der Waals surface area contributed by atoms with Crippen molar-refractivity contribution in [2.75, 3.05) is 13.1 Å². The molecular weight excluding hydrogens is 276 g/mol. The molecule has 1 unspecified atom stereocenters. The molecule has 2 aromatic rings. The van der Waals surface area contributed by atoms with Crippen LogP contribution in [0.15, 0.2) is 30.6 Å². The van der Waals surface area contributed by atoms with Crippen LogP contribution in [0.5, 0.6) is 0 Å². The molecule has 118 valence electrons. The normalized spacial score (nSPS) is 21.2. The zero-order valence-electron chi connectivity index (χ0n) is 13.3. The molecular formula is C17H24N4O. The minimum Gasteiger partial charge on any atom is -0.342 e. The molecule has 1 aliphatic rings. The van der Waals surface area contributed by atoms with Crippen molar-refractivity contribution in [1.29, 1.82) is 0 Å². The van der Waals surface area contributed by atoms with Gasteiger partial charge >= 0.3 is 0 Å². The fraction of sp³-hybridized carbons (Fsp3) is 0.529. The molecule has 1 saturated heterocycles. The average Bonchev–Trinajstić information content (AvgIpc) is 2.91. The number of piperidine rings is 1. The van der Waals surface area contributed by atoms with Gasteiger partial charge in [0, 0.05) is 32.1 Å². The molecule has 5 nitrogen and oxygen atoms in total. The molecule has 22 heavy (non-hydrogen) atoms. The maximum Gasteiger partial charge on any atom is 0.224 e. The van der Waals surface area contributed by atoms with Crippen molar-refractivity contribution in [3.8, 4) is 0 Å². The van der Waals surface area contributed by atoms with Crippen LogP contribution in [0.2, 0.25) is 0 Å². The number of aromatic nitrogens is 2. The predicted octanol–water partition coefficient (Wildman–Crippen LogP) is 2.01. The molecule has 5 heteroatoms. The highest BCUT2D eigenvalue weighted by Gasteiger charge is 2.35. The van der Waals surface area contributed by atoms with Crippen LogP contribution >= 0.6 is 0 Å². The fourth-order valence-electron chi connectivity index (χ4n) is 3.15. The van der Waals surface area contributed by atoms with E-state index < -0.39 is 0 Å². The van der Waals surface area contributed by atoms with E-state index in [2.05, 4.69) is 18.8 Å². The molecule has 1 aromatic carbocycles. The number of hydrogen-bond donors (Lipinski definition) is 1. The lowest BCUT2D eigenvalue weighted by atomic mass is 9.79. The standard InChI is InChI=1S/C17H24N4O/c1-17(2)11-20(9-7-15(17)18)16(22)8-10-21-12-19-13-5-3-4-6-14(13)21/h3-6,12,15H,7-11,18H2,1-2H3. The van der Waals surface area contributed by atoms with Gasteiger partial charge in [-0.3, -0.25) is 4.79 Å². The van der Waals surface area contributed by atoms with Crippen LogP contribution in [0.1, 0.15) is 26.7 Å². The molecule has 0 bridgehead atoms. The lowest BCUT2D eigenvalue weighted by Crippen LogP contribution is -2.54. The quantitative estimate of drug-likeness (QED) is 0.943. The van der Waals surface area contributed by atoms with Crippen molar-refractivity contribution in [2.24, 2.45) is 11.1 Å². The molecule has 1 aliphatic heterocycles. The fourth-order valence-corrected chi connectivity index (χ4v) is 3.15. The molecule has 1 fully saturated rings. The van der Waals surface area contributed by atoms with Gasteiger partial charge in [0.05, 0.1) is 17.4 Å². The van der Waals surface area contributed by atoms with Crippen LogP contribution in [0, 0.1) is 5.41 Å². The first-order valence-corrected chi connectivity index (χ1v) is 7.90. The van der Waals surface area contributed by atoms with Gasteiger partial charge in [0.25, 0.3) is 0 Å². The van der Waals surface area contributed by atoms with Gasteiger partial charge in [-0.2, -0.15) is 0 Å². The Hall–Kier alpha value is -1.88. The molecule has 0 radical (unpaired) electrons. The number of nitrogens with two attached hydrogens (primary N) is 1. The first-order chi connectivity index (χ1) is 10.5. The monoisotopic (exact) mass is 300 g/mol. The van der Waals surface area contributed by atoms with Crippen molar-refractivity contribution in [3.05, 3.63) is 30.6 Å². The second-order valence-electron chi connectivity index (χ2n) is 6.88. The number of rotatable bonds is 3. The Bertz CT molecular complexity index is 676. The number of benzene rings is 1. The summed E-state index contributed by atoms with van der Waals surface area (Å²) in [5.74, 6) is 0.206. The van der Waals surface area contributed by atoms with Crippen molar-refractivity contribution in [2.45, 2.75) is 39.3 Å². The van der Waals surface area contributed by atoms with Crippen LogP contribution in [-0.4, -0.2) is 39.5 Å². The summed E-state index contributed by atoms with van der Waals surface area (Å²) < 4.78 is 2.05. The third-order valence-electron chi connectivity index (χ3n) is 4.76. The van der Waals surface area contributed by atoms with Gasteiger partial charge in [-0.25, -0.2) is 4.98 Å². The number of nitrogens with zero attached hydrogens (tertiary/aromatic N) is 3. The van der Waals surface area contributed by atoms with E-state index in [1.54, 1.807) is 0 Å². The minimum atomic E-state index is -0.00435.